The summed E-state index contributed by atoms with van der Waals surface area (Å²) < 4.78 is 0. The number of rotatable bonds is 7. The Kier molecular flexibility index (Phi) is 7.68. The molecule has 2 amide bonds. The summed E-state index contributed by atoms with van der Waals surface area (Å²) in [5.74, 6) is -0.273. The molecule has 186 valence electrons. The quantitative estimate of drug-likeness (QED) is 0.490. The summed E-state index contributed by atoms with van der Waals surface area (Å²) in [4.78, 5) is 33.0. The van der Waals surface area contributed by atoms with E-state index < -0.39 is 6.04 Å². The summed E-state index contributed by atoms with van der Waals surface area (Å²) in [6.07, 6.45) is 0.887. The first-order chi connectivity index (χ1) is 17.4. The first-order valence-electron chi connectivity index (χ1n) is 12.0. The molecular formula is C29H31N3O4. The third-order valence-corrected chi connectivity index (χ3v) is 6.47. The summed E-state index contributed by atoms with van der Waals surface area (Å²) in [5.41, 5.74) is 6.64. The molecule has 3 aromatic rings. The summed E-state index contributed by atoms with van der Waals surface area (Å²) in [7, 11) is 1.45. The summed E-state index contributed by atoms with van der Waals surface area (Å²) >= 11 is 0. The number of benzene rings is 3. The second-order valence-corrected chi connectivity index (χ2v) is 9.05. The predicted octanol–water partition coefficient (Wildman–Crippen LogP) is 4.25. The van der Waals surface area contributed by atoms with Crippen molar-refractivity contribution < 1.29 is 19.5 Å². The Morgan fingerprint density at radius 2 is 1.75 bits per heavy atom. The number of carbonyl (C=O) groups is 2. The Morgan fingerprint density at radius 1 is 1.06 bits per heavy atom. The number of amides is 2. The lowest BCUT2D eigenvalue weighted by atomic mass is 9.95. The largest absolute Gasteiger partial charge is 0.508 e. The lowest BCUT2D eigenvalue weighted by molar-refractivity contribution is -0.124. The minimum Gasteiger partial charge on any atom is -0.508 e. The normalized spacial score (nSPS) is 16.2. The zero-order valence-electron chi connectivity index (χ0n) is 20.8. The topological polar surface area (TPSA) is 91.2 Å². The molecule has 1 fully saturated rings. The molecule has 36 heavy (non-hydrogen) atoms. The van der Waals surface area contributed by atoms with Gasteiger partial charge in [-0.05, 0) is 72.4 Å². The van der Waals surface area contributed by atoms with Gasteiger partial charge in [0.15, 0.2) is 0 Å². The number of hydrogen-bond donors (Lipinski definition) is 2. The molecule has 7 heteroatoms. The van der Waals surface area contributed by atoms with Gasteiger partial charge >= 0.3 is 0 Å². The molecule has 0 bridgehead atoms. The van der Waals surface area contributed by atoms with E-state index in [1.54, 1.807) is 23.1 Å². The molecule has 1 saturated heterocycles. The Bertz CT molecular complexity index is 1260. The number of nitrogens with one attached hydrogen (secondary N) is 1. The minimum absolute atomic E-state index is 0.190. The number of oxime groups is 1. The Hall–Kier alpha value is -4.13. The van der Waals surface area contributed by atoms with Crippen LogP contribution in [0, 0.1) is 13.8 Å². The number of nitrogens with zero attached hydrogens (tertiary/aromatic N) is 2. The van der Waals surface area contributed by atoms with Gasteiger partial charge in [-0.3, -0.25) is 9.59 Å². The lowest BCUT2D eigenvalue weighted by Gasteiger charge is -2.23. The maximum atomic E-state index is 13.4. The van der Waals surface area contributed by atoms with Crippen molar-refractivity contribution in [3.05, 3.63) is 89.0 Å². The molecule has 1 atom stereocenters. The molecule has 3 aromatic carbocycles. The van der Waals surface area contributed by atoms with Gasteiger partial charge in [0.05, 0.1) is 12.3 Å². The predicted molar refractivity (Wildman–Crippen MR) is 140 cm³/mol. The zero-order chi connectivity index (χ0) is 25.7. The number of likely N-dealkylation sites (tertiary alicyclic amines) is 1. The highest BCUT2D eigenvalue weighted by Crippen LogP contribution is 2.28. The van der Waals surface area contributed by atoms with Crippen LogP contribution in [0.5, 0.6) is 5.75 Å². The number of carbonyl (C=O) groups excluding carboxylic acids is 2. The van der Waals surface area contributed by atoms with E-state index in [4.69, 9.17) is 4.84 Å². The van der Waals surface area contributed by atoms with Crippen LogP contribution < -0.4 is 5.32 Å². The second kappa shape index (κ2) is 11.1. The Labute approximate surface area is 211 Å². The van der Waals surface area contributed by atoms with Crippen molar-refractivity contribution in [2.45, 2.75) is 32.7 Å². The minimum atomic E-state index is -0.672. The summed E-state index contributed by atoms with van der Waals surface area (Å²) in [6.45, 7) is 4.77. The number of aromatic hydroxyl groups is 1. The van der Waals surface area contributed by atoms with Crippen molar-refractivity contribution in [3.8, 4) is 16.9 Å². The summed E-state index contributed by atoms with van der Waals surface area (Å²) in [6, 6.07) is 20.0. The summed E-state index contributed by atoms with van der Waals surface area (Å²) in [5, 5.41) is 16.6. The van der Waals surface area contributed by atoms with Crippen molar-refractivity contribution in [2.75, 3.05) is 20.2 Å². The van der Waals surface area contributed by atoms with Crippen LogP contribution in [0.1, 0.15) is 33.5 Å². The lowest BCUT2D eigenvalue weighted by Crippen LogP contribution is -2.46. The van der Waals surface area contributed by atoms with E-state index in [1.807, 2.05) is 36.4 Å². The third kappa shape index (κ3) is 5.57. The van der Waals surface area contributed by atoms with Crippen LogP contribution in [-0.2, 0) is 16.1 Å². The van der Waals surface area contributed by atoms with Crippen LogP contribution in [-0.4, -0.2) is 53.8 Å². The molecular weight excluding hydrogens is 454 g/mol. The number of phenolic OH excluding ortho intramolecular Hbond substituents is 1. The van der Waals surface area contributed by atoms with E-state index >= 15 is 0 Å². The van der Waals surface area contributed by atoms with Crippen LogP contribution >= 0.6 is 0 Å². The molecule has 1 heterocycles. The molecule has 1 aliphatic heterocycles. The molecule has 0 spiro atoms. The van der Waals surface area contributed by atoms with Gasteiger partial charge in [-0.25, -0.2) is 0 Å². The van der Waals surface area contributed by atoms with Crippen molar-refractivity contribution in [2.24, 2.45) is 5.16 Å². The van der Waals surface area contributed by atoms with Gasteiger partial charge in [0.2, 0.25) is 5.91 Å². The highest BCUT2D eigenvalue weighted by atomic mass is 16.6. The molecule has 0 saturated carbocycles. The number of aryl methyl sites for hydroxylation is 2. The SMILES string of the molecule is CON=C1C[C@@H](C(=O)NCCc2cccc(O)c2)N(C(=O)c2ccc(-c3c(C)cccc3C)cc2)C1. The van der Waals surface area contributed by atoms with E-state index in [0.717, 1.165) is 16.7 Å². The highest BCUT2D eigenvalue weighted by Gasteiger charge is 2.38. The fraction of sp³-hybridized carbons (Fsp3) is 0.276. The van der Waals surface area contributed by atoms with Crippen LogP contribution in [0.25, 0.3) is 11.1 Å². The maximum Gasteiger partial charge on any atom is 0.254 e. The van der Waals surface area contributed by atoms with Gasteiger partial charge in [-0.2, -0.15) is 0 Å². The number of hydrogen-bond acceptors (Lipinski definition) is 5. The van der Waals surface area contributed by atoms with Crippen LogP contribution in [0.2, 0.25) is 0 Å². The van der Waals surface area contributed by atoms with Gasteiger partial charge < -0.3 is 20.2 Å². The molecule has 4 rings (SSSR count). The molecule has 0 aromatic heterocycles. The van der Waals surface area contributed by atoms with Crippen LogP contribution in [0.4, 0.5) is 0 Å². The standard InChI is InChI=1S/C29H31N3O4/c1-19-6-4-7-20(2)27(19)22-10-12-23(13-11-22)29(35)32-18-24(31-36-3)17-26(32)28(34)30-15-14-21-8-5-9-25(33)16-21/h4-13,16,26,33H,14-15,17-18H2,1-3H3,(H,30,34)/t26-/m0/s1. The van der Waals surface area contributed by atoms with Crippen molar-refractivity contribution in [1.29, 1.82) is 0 Å². The van der Waals surface area contributed by atoms with Crippen molar-refractivity contribution in [1.82, 2.24) is 10.2 Å². The molecule has 0 unspecified atom stereocenters. The van der Waals surface area contributed by atoms with E-state index in [2.05, 4.69) is 36.5 Å². The van der Waals surface area contributed by atoms with E-state index in [1.165, 1.54) is 18.2 Å². The van der Waals surface area contributed by atoms with Gasteiger partial charge in [0, 0.05) is 18.5 Å². The average Bonchev–Trinajstić information content (AvgIpc) is 3.28. The second-order valence-electron chi connectivity index (χ2n) is 9.05. The van der Waals surface area contributed by atoms with Gasteiger partial charge in [0.25, 0.3) is 5.91 Å². The first-order valence-corrected chi connectivity index (χ1v) is 12.0. The monoisotopic (exact) mass is 485 g/mol. The maximum absolute atomic E-state index is 13.4. The van der Waals surface area contributed by atoms with Gasteiger partial charge in [0.1, 0.15) is 18.9 Å². The molecule has 1 aliphatic rings. The molecule has 0 radical (unpaired) electrons. The van der Waals surface area contributed by atoms with E-state index in [0.29, 0.717) is 30.7 Å². The van der Waals surface area contributed by atoms with E-state index in [9.17, 15) is 14.7 Å². The van der Waals surface area contributed by atoms with Gasteiger partial charge in [-0.15, -0.1) is 0 Å². The Balaban J connectivity index is 1.48. The van der Waals surface area contributed by atoms with E-state index in [-0.39, 0.29) is 24.1 Å². The average molecular weight is 486 g/mol. The van der Waals surface area contributed by atoms with Gasteiger partial charge in [-0.1, -0.05) is 47.6 Å². The molecule has 7 nitrogen and oxygen atoms in total. The first kappa shape index (κ1) is 25.0. The fourth-order valence-electron chi connectivity index (χ4n) is 4.72. The van der Waals surface area contributed by atoms with Crippen LogP contribution in [0.3, 0.4) is 0 Å². The fourth-order valence-corrected chi connectivity index (χ4v) is 4.72. The molecule has 0 aliphatic carbocycles. The van der Waals surface area contributed by atoms with Crippen molar-refractivity contribution in [3.63, 3.8) is 0 Å². The van der Waals surface area contributed by atoms with Crippen LogP contribution in [0.15, 0.2) is 71.9 Å². The highest BCUT2D eigenvalue weighted by molar-refractivity contribution is 6.05. The van der Waals surface area contributed by atoms with Crippen molar-refractivity contribution >= 4 is 17.5 Å². The Morgan fingerprint density at radius 3 is 2.42 bits per heavy atom. The zero-order valence-corrected chi connectivity index (χ0v) is 20.8. The third-order valence-electron chi connectivity index (χ3n) is 6.47. The number of phenols is 1. The molecule has 2 N–H and O–H groups in total. The smallest absolute Gasteiger partial charge is 0.254 e.